The molecule has 6 rings (SSSR count). The molecule has 2 atom stereocenters. The molecule has 8 amide bonds. The number of benzene rings is 2. The maximum atomic E-state index is 14.1. The summed E-state index contributed by atoms with van der Waals surface area (Å²) in [6.45, 7) is 5.49. The number of fused-ring (bicyclic) bond motifs is 4. The van der Waals surface area contributed by atoms with E-state index in [4.69, 9.17) is 9.47 Å². The number of urea groups is 2. The molecule has 0 bridgehead atoms. The Balaban J connectivity index is 1.08. The first kappa shape index (κ1) is 43.4. The van der Waals surface area contributed by atoms with E-state index in [0.717, 1.165) is 58.0 Å². The molecular weight excluding hydrogens is 775 g/mol. The summed E-state index contributed by atoms with van der Waals surface area (Å²) in [5, 5.41) is 15.4. The van der Waals surface area contributed by atoms with E-state index in [9.17, 15) is 33.6 Å². The summed E-state index contributed by atoms with van der Waals surface area (Å²) in [6, 6.07) is 12.1. The molecule has 2 saturated heterocycles. The van der Waals surface area contributed by atoms with Crippen molar-refractivity contribution in [2.75, 3.05) is 33.3 Å². The van der Waals surface area contributed by atoms with Crippen LogP contribution in [0.25, 0.3) is 11.1 Å². The number of hydrogen-bond donors (Lipinski definition) is 5. The van der Waals surface area contributed by atoms with Crippen molar-refractivity contribution in [2.45, 2.75) is 95.7 Å². The van der Waals surface area contributed by atoms with Crippen LogP contribution >= 0.6 is 0 Å². The molecule has 322 valence electrons. The van der Waals surface area contributed by atoms with Gasteiger partial charge in [-0.1, -0.05) is 48.5 Å². The zero-order chi connectivity index (χ0) is 43.0. The summed E-state index contributed by atoms with van der Waals surface area (Å²) in [6.07, 6.45) is 3.43. The number of rotatable bonds is 12. The minimum atomic E-state index is -1.20. The zero-order valence-electron chi connectivity index (χ0n) is 34.5. The van der Waals surface area contributed by atoms with E-state index in [2.05, 4.69) is 31.9 Å². The Kier molecular flexibility index (Phi) is 13.9. The smallest absolute Gasteiger partial charge is 0.426 e. The maximum absolute atomic E-state index is 14.1. The first-order valence-corrected chi connectivity index (χ1v) is 20.6. The van der Waals surface area contributed by atoms with Gasteiger partial charge in [-0.3, -0.25) is 19.2 Å². The van der Waals surface area contributed by atoms with E-state index in [1.807, 2.05) is 48.5 Å². The molecule has 2 aromatic rings. The Morgan fingerprint density at radius 3 is 2.22 bits per heavy atom. The van der Waals surface area contributed by atoms with E-state index >= 15 is 0 Å². The van der Waals surface area contributed by atoms with Gasteiger partial charge < -0.3 is 25.4 Å². The Morgan fingerprint density at radius 1 is 0.900 bits per heavy atom. The molecule has 18 nitrogen and oxygen atoms in total. The van der Waals surface area contributed by atoms with Crippen LogP contribution in [-0.4, -0.2) is 114 Å². The summed E-state index contributed by atoms with van der Waals surface area (Å²) in [4.78, 5) is 92.2. The molecule has 2 aliphatic carbocycles. The molecule has 0 unspecified atom stereocenters. The van der Waals surface area contributed by atoms with Gasteiger partial charge in [0.2, 0.25) is 17.7 Å². The Bertz CT molecular complexity index is 1930. The second-order valence-corrected chi connectivity index (χ2v) is 16.5. The quantitative estimate of drug-likeness (QED) is 0.120. The fourth-order valence-electron chi connectivity index (χ4n) is 8.23. The number of hydrazone groups is 1. The van der Waals surface area contributed by atoms with Gasteiger partial charge in [-0.2, -0.15) is 5.10 Å². The number of carbonyl (C=O) groups excluding carboxylic acids is 7. The van der Waals surface area contributed by atoms with Crippen molar-refractivity contribution in [1.82, 2.24) is 41.8 Å². The highest BCUT2D eigenvalue weighted by Gasteiger charge is 2.44. The van der Waals surface area contributed by atoms with Gasteiger partial charge in [0.25, 0.3) is 0 Å². The lowest BCUT2D eigenvalue weighted by Crippen LogP contribution is -2.64. The number of amides is 8. The van der Waals surface area contributed by atoms with Crippen LogP contribution in [0.15, 0.2) is 53.6 Å². The maximum Gasteiger partial charge on any atom is 0.426 e. The monoisotopic (exact) mass is 829 g/mol. The van der Waals surface area contributed by atoms with Crippen LogP contribution in [0.4, 0.5) is 14.4 Å². The number of carbonyl (C=O) groups is 7. The first-order chi connectivity index (χ1) is 28.7. The third-order valence-electron chi connectivity index (χ3n) is 11.1. The second-order valence-electron chi connectivity index (χ2n) is 16.5. The lowest BCUT2D eigenvalue weighted by atomic mass is 9.81. The van der Waals surface area contributed by atoms with Crippen molar-refractivity contribution >= 4 is 48.1 Å². The number of hydrogen-bond acceptors (Lipinski definition) is 10. The molecule has 4 aliphatic rings. The van der Waals surface area contributed by atoms with Crippen LogP contribution in [0.5, 0.6) is 0 Å². The number of nitrogens with zero attached hydrogens (tertiary/aromatic N) is 4. The second kappa shape index (κ2) is 19.2. The van der Waals surface area contributed by atoms with E-state index in [0.29, 0.717) is 13.0 Å². The summed E-state index contributed by atoms with van der Waals surface area (Å²) < 4.78 is 11.1. The van der Waals surface area contributed by atoms with Crippen molar-refractivity contribution in [3.63, 3.8) is 0 Å². The van der Waals surface area contributed by atoms with Gasteiger partial charge in [-0.25, -0.2) is 40.3 Å². The van der Waals surface area contributed by atoms with Crippen molar-refractivity contribution in [2.24, 2.45) is 16.9 Å². The number of ether oxygens (including phenoxy) is 2. The third-order valence-corrected chi connectivity index (χ3v) is 11.1. The number of esters is 1. The van der Waals surface area contributed by atoms with E-state index < -0.39 is 53.6 Å². The molecule has 18 heteroatoms. The van der Waals surface area contributed by atoms with Crippen LogP contribution in [0.1, 0.15) is 89.2 Å². The predicted octanol–water partition coefficient (Wildman–Crippen LogP) is 3.53. The largest absolute Gasteiger partial charge is 0.460 e. The van der Waals surface area contributed by atoms with Gasteiger partial charge in [-0.15, -0.1) is 0 Å². The van der Waals surface area contributed by atoms with Crippen molar-refractivity contribution < 1.29 is 43.0 Å². The molecule has 3 fully saturated rings. The molecule has 0 radical (unpaired) electrons. The molecule has 60 heavy (non-hydrogen) atoms. The van der Waals surface area contributed by atoms with Gasteiger partial charge in [0.15, 0.2) is 0 Å². The van der Waals surface area contributed by atoms with Crippen LogP contribution in [0.2, 0.25) is 0 Å². The van der Waals surface area contributed by atoms with Gasteiger partial charge >= 0.3 is 24.1 Å². The lowest BCUT2D eigenvalue weighted by molar-refractivity contribution is -0.155. The minimum Gasteiger partial charge on any atom is -0.460 e. The normalized spacial score (nSPS) is 20.9. The highest BCUT2D eigenvalue weighted by Crippen LogP contribution is 2.44. The standard InChI is InChI=1S/C42H55N9O9/c1-42(2,3)60-36(53)22-28(24-45-47-39(56)44-23-26-15-17-27(18-16-26)37(54)43-4)46-38(55)34-14-9-20-50-35(52)19-21-49(41(58)51(34)50)48-40(57)59-25-33-31-12-7-5-10-29(31)30-11-6-8-13-32(30)33/h5-8,10-13,24,26-28,33-34H,9,14-23,25H2,1-4H3,(H,43,54)(H,46,55)(H,48,57)(H2,44,47,56)/b45-24+/t26-,27-,28-,34-/m0/s1. The third kappa shape index (κ3) is 10.7. The molecule has 2 aliphatic heterocycles. The topological polar surface area (TPSA) is 220 Å². The lowest BCUT2D eigenvalue weighted by Gasteiger charge is -2.42. The summed E-state index contributed by atoms with van der Waals surface area (Å²) in [7, 11) is 1.62. The van der Waals surface area contributed by atoms with Crippen LogP contribution in [-0.2, 0) is 28.7 Å². The van der Waals surface area contributed by atoms with E-state index in [-0.39, 0.29) is 62.6 Å². The number of hydrazine groups is 2. The van der Waals surface area contributed by atoms with Gasteiger partial charge in [0.05, 0.1) is 19.0 Å². The summed E-state index contributed by atoms with van der Waals surface area (Å²) in [5.74, 6) is -1.78. The first-order valence-electron chi connectivity index (χ1n) is 20.6. The zero-order valence-corrected chi connectivity index (χ0v) is 34.5. The average molecular weight is 830 g/mol. The highest BCUT2D eigenvalue weighted by atomic mass is 16.6. The van der Waals surface area contributed by atoms with Crippen molar-refractivity contribution in [1.29, 1.82) is 0 Å². The molecule has 0 aromatic heterocycles. The molecule has 1 saturated carbocycles. The van der Waals surface area contributed by atoms with E-state index in [1.165, 1.54) is 11.2 Å². The van der Waals surface area contributed by atoms with Crippen LogP contribution in [0, 0.1) is 11.8 Å². The van der Waals surface area contributed by atoms with Gasteiger partial charge in [0.1, 0.15) is 18.2 Å². The molecule has 2 aromatic carbocycles. The van der Waals surface area contributed by atoms with Crippen LogP contribution < -0.4 is 26.8 Å². The Hall–Kier alpha value is -6.20. The summed E-state index contributed by atoms with van der Waals surface area (Å²) >= 11 is 0. The number of nitrogens with one attached hydrogen (secondary N) is 5. The fourth-order valence-corrected chi connectivity index (χ4v) is 8.23. The Morgan fingerprint density at radius 2 is 1.57 bits per heavy atom. The highest BCUT2D eigenvalue weighted by molar-refractivity contribution is 5.93. The average Bonchev–Trinajstić information content (AvgIpc) is 3.49. The molecule has 0 spiro atoms. The van der Waals surface area contributed by atoms with Gasteiger partial charge in [0, 0.05) is 44.6 Å². The molecule has 2 heterocycles. The van der Waals surface area contributed by atoms with Gasteiger partial charge in [-0.05, 0) is 87.5 Å². The van der Waals surface area contributed by atoms with Crippen molar-refractivity contribution in [3.8, 4) is 11.1 Å². The minimum absolute atomic E-state index is 0.0000889. The predicted molar refractivity (Wildman–Crippen MR) is 218 cm³/mol. The van der Waals surface area contributed by atoms with Crippen LogP contribution in [0.3, 0.4) is 0 Å². The van der Waals surface area contributed by atoms with Crippen molar-refractivity contribution in [3.05, 3.63) is 59.7 Å². The molecule has 5 N–H and O–H groups in total. The fraction of sp³-hybridized carbons (Fsp3) is 0.524. The summed E-state index contributed by atoms with van der Waals surface area (Å²) in [5.41, 5.74) is 8.18. The SMILES string of the molecule is CNC(=O)[C@H]1CC[C@H](CNC(=O)N/N=C/[C@H](CC(=O)OC(C)(C)C)NC(=O)[C@@H]2CCCN3C(=O)CCN(NC(=O)OCC4c5ccccc5-c5ccccc54)C(=O)N23)CC1. The van der Waals surface area contributed by atoms with E-state index in [1.54, 1.807) is 27.8 Å². The Labute approximate surface area is 349 Å². The molecular formula is C42H55N9O9.